The van der Waals surface area contributed by atoms with Crippen LogP contribution in [-0.4, -0.2) is 53.4 Å². The second-order valence-electron chi connectivity index (χ2n) is 6.26. The van der Waals surface area contributed by atoms with Gasteiger partial charge in [-0.2, -0.15) is 0 Å². The van der Waals surface area contributed by atoms with Crippen LogP contribution in [0.1, 0.15) is 18.2 Å². The zero-order valence-electron chi connectivity index (χ0n) is 16.6. The zero-order valence-corrected chi connectivity index (χ0v) is 18.9. The predicted octanol–water partition coefficient (Wildman–Crippen LogP) is 2.70. The minimum absolute atomic E-state index is 0. The smallest absolute Gasteiger partial charge is 0.242 e. The lowest BCUT2D eigenvalue weighted by atomic mass is 10.2. The van der Waals surface area contributed by atoms with Crippen molar-refractivity contribution in [2.75, 3.05) is 27.2 Å². The topological polar surface area (TPSA) is 52.9 Å². The van der Waals surface area contributed by atoms with Gasteiger partial charge in [0.25, 0.3) is 0 Å². The number of nitrogens with zero attached hydrogens (tertiary/aromatic N) is 4. The Morgan fingerprint density at radius 1 is 1.15 bits per heavy atom. The summed E-state index contributed by atoms with van der Waals surface area (Å²) in [5.74, 6) is 0.764. The molecule has 0 bridgehead atoms. The summed E-state index contributed by atoms with van der Waals surface area (Å²) in [6, 6.07) is 14.1. The van der Waals surface area contributed by atoms with Crippen LogP contribution in [0.25, 0.3) is 0 Å². The first-order valence-corrected chi connectivity index (χ1v) is 8.88. The van der Waals surface area contributed by atoms with E-state index in [-0.39, 0.29) is 36.4 Å². The number of guanidine groups is 1. The minimum Gasteiger partial charge on any atom is -0.353 e. The van der Waals surface area contributed by atoms with Gasteiger partial charge in [-0.3, -0.25) is 9.79 Å². The van der Waals surface area contributed by atoms with E-state index < -0.39 is 0 Å². The summed E-state index contributed by atoms with van der Waals surface area (Å²) in [4.78, 5) is 20.7. The maximum absolute atomic E-state index is 12.6. The summed E-state index contributed by atoms with van der Waals surface area (Å²) >= 11 is 0. The third kappa shape index (κ3) is 6.89. The Labute approximate surface area is 179 Å². The summed E-state index contributed by atoms with van der Waals surface area (Å²) in [5.41, 5.74) is 2.31. The van der Waals surface area contributed by atoms with Crippen molar-refractivity contribution in [3.05, 3.63) is 59.9 Å². The standard InChI is InChI=1S/C20H29N5O.HI/c1-5-25(15-17-10-7-6-8-11-17)19(26)14-22-20(21-2)24(4)16-18-12-9-13-23(18)3;/h6-13H,5,14-16H2,1-4H3,(H,21,22);1H. The molecule has 0 saturated heterocycles. The number of aryl methyl sites for hydroxylation is 1. The zero-order chi connectivity index (χ0) is 18.9. The van der Waals surface area contributed by atoms with Crippen molar-refractivity contribution in [1.29, 1.82) is 0 Å². The van der Waals surface area contributed by atoms with E-state index in [1.54, 1.807) is 7.05 Å². The summed E-state index contributed by atoms with van der Waals surface area (Å²) in [7, 11) is 5.72. The van der Waals surface area contributed by atoms with Crippen LogP contribution in [0.4, 0.5) is 0 Å². The van der Waals surface area contributed by atoms with Gasteiger partial charge in [-0.1, -0.05) is 30.3 Å². The Kier molecular flexibility index (Phi) is 9.92. The van der Waals surface area contributed by atoms with Crippen molar-refractivity contribution >= 4 is 35.8 Å². The molecule has 0 aliphatic rings. The monoisotopic (exact) mass is 483 g/mol. The van der Waals surface area contributed by atoms with Gasteiger partial charge >= 0.3 is 0 Å². The average molecular weight is 483 g/mol. The van der Waals surface area contributed by atoms with Crippen molar-refractivity contribution in [1.82, 2.24) is 19.7 Å². The van der Waals surface area contributed by atoms with E-state index in [1.807, 2.05) is 73.4 Å². The molecule has 2 aromatic rings. The maximum Gasteiger partial charge on any atom is 0.242 e. The van der Waals surface area contributed by atoms with Gasteiger partial charge < -0.3 is 19.7 Å². The third-order valence-corrected chi connectivity index (χ3v) is 4.37. The molecule has 0 unspecified atom stereocenters. The molecule has 1 aromatic heterocycles. The number of amides is 1. The van der Waals surface area contributed by atoms with Gasteiger partial charge in [0.15, 0.2) is 5.96 Å². The first kappa shape index (κ1) is 23.0. The second-order valence-corrected chi connectivity index (χ2v) is 6.26. The lowest BCUT2D eigenvalue weighted by Gasteiger charge is -2.25. The van der Waals surface area contributed by atoms with E-state index in [1.165, 1.54) is 5.69 Å². The molecule has 148 valence electrons. The fraction of sp³-hybridized carbons (Fsp3) is 0.400. The summed E-state index contributed by atoms with van der Waals surface area (Å²) < 4.78 is 2.08. The maximum atomic E-state index is 12.6. The largest absolute Gasteiger partial charge is 0.353 e. The highest BCUT2D eigenvalue weighted by Gasteiger charge is 2.14. The summed E-state index contributed by atoms with van der Waals surface area (Å²) in [6.07, 6.45) is 2.02. The number of likely N-dealkylation sites (N-methyl/N-ethyl adjacent to an activating group) is 1. The van der Waals surface area contributed by atoms with Gasteiger partial charge in [0.2, 0.25) is 5.91 Å². The van der Waals surface area contributed by atoms with Crippen LogP contribution in [0.15, 0.2) is 53.7 Å². The molecular weight excluding hydrogens is 453 g/mol. The number of carbonyl (C=O) groups excluding carboxylic acids is 1. The number of carbonyl (C=O) groups is 1. The first-order chi connectivity index (χ1) is 12.5. The van der Waals surface area contributed by atoms with Crippen LogP contribution in [0.5, 0.6) is 0 Å². The number of aromatic nitrogens is 1. The fourth-order valence-corrected chi connectivity index (χ4v) is 2.81. The van der Waals surface area contributed by atoms with Crippen molar-refractivity contribution in [3.8, 4) is 0 Å². The van der Waals surface area contributed by atoms with Crippen LogP contribution < -0.4 is 5.32 Å². The van der Waals surface area contributed by atoms with E-state index in [9.17, 15) is 4.79 Å². The van der Waals surface area contributed by atoms with Crippen LogP contribution in [0, 0.1) is 0 Å². The minimum atomic E-state index is 0. The third-order valence-electron chi connectivity index (χ3n) is 4.37. The molecule has 0 fully saturated rings. The number of aliphatic imine (C=N–C) groups is 1. The molecule has 7 heteroatoms. The lowest BCUT2D eigenvalue weighted by molar-refractivity contribution is -0.130. The number of nitrogens with one attached hydrogen (secondary N) is 1. The molecule has 0 spiro atoms. The van der Waals surface area contributed by atoms with E-state index in [0.717, 1.165) is 12.1 Å². The van der Waals surface area contributed by atoms with Crippen molar-refractivity contribution in [2.45, 2.75) is 20.0 Å². The van der Waals surface area contributed by atoms with Gasteiger partial charge in [-0.25, -0.2) is 0 Å². The second kappa shape index (κ2) is 11.6. The first-order valence-electron chi connectivity index (χ1n) is 8.88. The molecule has 2 rings (SSSR count). The number of benzene rings is 1. The Morgan fingerprint density at radius 2 is 1.85 bits per heavy atom. The average Bonchev–Trinajstić information content (AvgIpc) is 3.05. The number of rotatable bonds is 7. The molecular formula is C20H30IN5O. The van der Waals surface area contributed by atoms with Gasteiger partial charge in [0.05, 0.1) is 13.1 Å². The van der Waals surface area contributed by atoms with Crippen LogP contribution in [0.3, 0.4) is 0 Å². The van der Waals surface area contributed by atoms with E-state index >= 15 is 0 Å². The number of hydrogen-bond donors (Lipinski definition) is 1. The highest BCUT2D eigenvalue weighted by atomic mass is 127. The van der Waals surface area contributed by atoms with E-state index in [4.69, 9.17) is 0 Å². The Bertz CT molecular complexity index is 729. The van der Waals surface area contributed by atoms with Gasteiger partial charge in [-0.05, 0) is 24.6 Å². The van der Waals surface area contributed by atoms with E-state index in [0.29, 0.717) is 19.0 Å². The highest BCUT2D eigenvalue weighted by Crippen LogP contribution is 2.05. The van der Waals surface area contributed by atoms with Crippen LogP contribution in [-0.2, 0) is 24.9 Å². The van der Waals surface area contributed by atoms with Gasteiger partial charge in [0, 0.05) is 46.1 Å². The Balaban J connectivity index is 0.00000364. The summed E-state index contributed by atoms with van der Waals surface area (Å²) in [6.45, 7) is 4.24. The van der Waals surface area contributed by atoms with E-state index in [2.05, 4.69) is 20.9 Å². The van der Waals surface area contributed by atoms with Gasteiger partial charge in [0.1, 0.15) is 0 Å². The molecule has 1 heterocycles. The predicted molar refractivity (Wildman–Crippen MR) is 121 cm³/mol. The van der Waals surface area contributed by atoms with Crippen LogP contribution in [0.2, 0.25) is 0 Å². The summed E-state index contributed by atoms with van der Waals surface area (Å²) in [5, 5.41) is 3.18. The SMILES string of the molecule is CCN(Cc1ccccc1)C(=O)CNC(=NC)N(C)Cc1cccn1C.I. The van der Waals surface area contributed by atoms with Crippen molar-refractivity contribution in [3.63, 3.8) is 0 Å². The van der Waals surface area contributed by atoms with Crippen molar-refractivity contribution < 1.29 is 4.79 Å². The Hall–Kier alpha value is -2.03. The number of halogens is 1. The molecule has 1 aromatic carbocycles. The molecule has 0 radical (unpaired) electrons. The molecule has 0 aliphatic carbocycles. The molecule has 6 nitrogen and oxygen atoms in total. The van der Waals surface area contributed by atoms with Gasteiger partial charge in [-0.15, -0.1) is 24.0 Å². The fourth-order valence-electron chi connectivity index (χ4n) is 2.81. The normalized spacial score (nSPS) is 10.9. The molecule has 0 atom stereocenters. The number of hydrogen-bond acceptors (Lipinski definition) is 2. The molecule has 1 amide bonds. The molecule has 1 N–H and O–H groups in total. The molecule has 0 aliphatic heterocycles. The molecule has 27 heavy (non-hydrogen) atoms. The van der Waals surface area contributed by atoms with Crippen molar-refractivity contribution in [2.24, 2.45) is 12.0 Å². The highest BCUT2D eigenvalue weighted by molar-refractivity contribution is 14.0. The van der Waals surface area contributed by atoms with Crippen LogP contribution >= 0.6 is 24.0 Å². The quantitative estimate of drug-likeness (QED) is 0.375. The molecule has 0 saturated carbocycles. The Morgan fingerprint density at radius 3 is 2.41 bits per heavy atom. The lowest BCUT2D eigenvalue weighted by Crippen LogP contribution is -2.45.